The highest BCUT2D eigenvalue weighted by Gasteiger charge is 2.16. The van der Waals surface area contributed by atoms with Crippen molar-refractivity contribution < 1.29 is 19.1 Å². The number of nitrogens with one attached hydrogen (secondary N) is 3. The molecule has 1 aromatic heterocycles. The monoisotopic (exact) mass is 432 g/mol. The van der Waals surface area contributed by atoms with Gasteiger partial charge in [-0.05, 0) is 61.9 Å². The molecule has 0 saturated heterocycles. The molecular weight excluding hydrogens is 408 g/mol. The van der Waals surface area contributed by atoms with Gasteiger partial charge in [0, 0.05) is 29.7 Å². The molecule has 0 spiro atoms. The lowest BCUT2D eigenvalue weighted by atomic mass is 10.1. The molecule has 0 bridgehead atoms. The van der Waals surface area contributed by atoms with E-state index >= 15 is 0 Å². The zero-order valence-corrected chi connectivity index (χ0v) is 17.9. The van der Waals surface area contributed by atoms with E-state index in [1.54, 1.807) is 42.5 Å². The number of hydrogen-bond acceptors (Lipinski definition) is 6. The van der Waals surface area contributed by atoms with Crippen molar-refractivity contribution in [1.29, 1.82) is 0 Å². The van der Waals surface area contributed by atoms with Crippen molar-refractivity contribution in [1.82, 2.24) is 4.98 Å². The van der Waals surface area contributed by atoms with Gasteiger partial charge < -0.3 is 25.4 Å². The summed E-state index contributed by atoms with van der Waals surface area (Å²) in [5.41, 5.74) is 2.93. The molecule has 0 saturated carbocycles. The van der Waals surface area contributed by atoms with E-state index in [0.29, 0.717) is 53.0 Å². The molecule has 0 aliphatic carbocycles. The third-order valence-electron chi connectivity index (χ3n) is 4.93. The predicted molar refractivity (Wildman–Crippen MR) is 123 cm³/mol. The Bertz CT molecular complexity index is 1150. The summed E-state index contributed by atoms with van der Waals surface area (Å²) in [4.78, 5) is 29.6. The normalized spacial score (nSPS) is 12.1. The van der Waals surface area contributed by atoms with Crippen LogP contribution in [0.1, 0.15) is 33.2 Å². The fourth-order valence-corrected chi connectivity index (χ4v) is 3.23. The Balaban J connectivity index is 1.46. The highest BCUT2D eigenvalue weighted by atomic mass is 16.6. The average Bonchev–Trinajstić information content (AvgIpc) is 2.81. The number of aryl methyl sites for hydroxylation is 1. The van der Waals surface area contributed by atoms with Crippen LogP contribution >= 0.6 is 0 Å². The molecule has 0 unspecified atom stereocenters. The van der Waals surface area contributed by atoms with Crippen LogP contribution in [0, 0.1) is 6.92 Å². The van der Waals surface area contributed by atoms with Gasteiger partial charge in [0.25, 0.3) is 11.8 Å². The number of carbonyl (C=O) groups excluding carboxylic acids is 2. The van der Waals surface area contributed by atoms with Crippen LogP contribution in [0.25, 0.3) is 0 Å². The van der Waals surface area contributed by atoms with Gasteiger partial charge in [-0.2, -0.15) is 0 Å². The molecule has 3 aromatic rings. The summed E-state index contributed by atoms with van der Waals surface area (Å²) >= 11 is 0. The number of fused-ring (bicyclic) bond motifs is 1. The van der Waals surface area contributed by atoms with Crippen LogP contribution in [-0.4, -0.2) is 36.6 Å². The van der Waals surface area contributed by atoms with Crippen molar-refractivity contribution in [2.24, 2.45) is 0 Å². The first-order valence-electron chi connectivity index (χ1n) is 10.4. The number of aromatic nitrogens is 1. The van der Waals surface area contributed by atoms with Gasteiger partial charge >= 0.3 is 0 Å². The maximum atomic E-state index is 12.7. The quantitative estimate of drug-likeness (QED) is 0.542. The number of carbonyl (C=O) groups is 2. The van der Waals surface area contributed by atoms with Gasteiger partial charge in [-0.15, -0.1) is 0 Å². The Hall–Kier alpha value is -4.07. The first-order chi connectivity index (χ1) is 15.5. The van der Waals surface area contributed by atoms with Gasteiger partial charge in [-0.1, -0.05) is 6.07 Å². The van der Waals surface area contributed by atoms with Crippen LogP contribution < -0.4 is 25.4 Å². The molecular formula is C24H24N4O4. The van der Waals surface area contributed by atoms with E-state index in [1.165, 1.54) is 6.20 Å². The second kappa shape index (κ2) is 9.38. The number of hydrogen-bond donors (Lipinski definition) is 3. The highest BCUT2D eigenvalue weighted by molar-refractivity contribution is 6.07. The second-order valence-corrected chi connectivity index (χ2v) is 7.26. The summed E-state index contributed by atoms with van der Waals surface area (Å²) in [6.45, 7) is 5.56. The molecule has 0 atom stereocenters. The molecule has 0 radical (unpaired) electrons. The molecule has 8 nitrogen and oxygen atoms in total. The van der Waals surface area contributed by atoms with E-state index in [0.717, 1.165) is 12.1 Å². The molecule has 32 heavy (non-hydrogen) atoms. The SMILES string of the molecule is CCNc1ccc(C(=O)Nc2cc(NC(=O)c3ccc4c(c3)OCCO4)ccc2C)cn1. The maximum Gasteiger partial charge on any atom is 0.257 e. The van der Waals surface area contributed by atoms with E-state index in [2.05, 4.69) is 20.9 Å². The summed E-state index contributed by atoms with van der Waals surface area (Å²) in [6.07, 6.45) is 1.52. The number of benzene rings is 2. The van der Waals surface area contributed by atoms with Crippen molar-refractivity contribution in [2.45, 2.75) is 13.8 Å². The number of ether oxygens (including phenoxy) is 2. The summed E-state index contributed by atoms with van der Waals surface area (Å²) in [7, 11) is 0. The van der Waals surface area contributed by atoms with Crippen LogP contribution in [0.15, 0.2) is 54.7 Å². The largest absolute Gasteiger partial charge is 0.486 e. The zero-order valence-electron chi connectivity index (χ0n) is 17.9. The smallest absolute Gasteiger partial charge is 0.257 e. The molecule has 2 heterocycles. The minimum absolute atomic E-state index is 0.279. The number of rotatable bonds is 6. The highest BCUT2D eigenvalue weighted by Crippen LogP contribution is 2.31. The number of anilines is 3. The van der Waals surface area contributed by atoms with Crippen LogP contribution in [0.2, 0.25) is 0 Å². The van der Waals surface area contributed by atoms with E-state index in [9.17, 15) is 9.59 Å². The minimum atomic E-state index is -0.286. The lowest BCUT2D eigenvalue weighted by Crippen LogP contribution is -2.17. The topological polar surface area (TPSA) is 102 Å². The number of amides is 2. The van der Waals surface area contributed by atoms with Gasteiger partial charge in [0.05, 0.1) is 5.56 Å². The molecule has 1 aliphatic heterocycles. The molecule has 1 aliphatic rings. The van der Waals surface area contributed by atoms with Gasteiger partial charge in [-0.3, -0.25) is 9.59 Å². The van der Waals surface area contributed by atoms with Crippen LogP contribution in [0.5, 0.6) is 11.5 Å². The lowest BCUT2D eigenvalue weighted by Gasteiger charge is -2.18. The molecule has 164 valence electrons. The average molecular weight is 432 g/mol. The molecule has 2 amide bonds. The van der Waals surface area contributed by atoms with E-state index in [1.807, 2.05) is 19.9 Å². The van der Waals surface area contributed by atoms with E-state index in [4.69, 9.17) is 9.47 Å². The van der Waals surface area contributed by atoms with Crippen molar-refractivity contribution in [2.75, 3.05) is 35.7 Å². The zero-order chi connectivity index (χ0) is 22.5. The van der Waals surface area contributed by atoms with Crippen molar-refractivity contribution in [3.63, 3.8) is 0 Å². The standard InChI is InChI=1S/C24H24N4O4/c1-3-25-22-9-6-17(14-26-22)24(30)28-19-13-18(7-4-15(19)2)27-23(29)16-5-8-20-21(12-16)32-11-10-31-20/h4-9,12-14H,3,10-11H2,1-2H3,(H,25,26)(H,27,29)(H,28,30). The summed E-state index contributed by atoms with van der Waals surface area (Å²) in [5, 5.41) is 8.84. The van der Waals surface area contributed by atoms with E-state index < -0.39 is 0 Å². The first-order valence-corrected chi connectivity index (χ1v) is 10.4. The summed E-state index contributed by atoms with van der Waals surface area (Å²) in [5.74, 6) is 1.32. The van der Waals surface area contributed by atoms with E-state index in [-0.39, 0.29) is 11.8 Å². The van der Waals surface area contributed by atoms with Crippen molar-refractivity contribution in [3.8, 4) is 11.5 Å². The Morgan fingerprint density at radius 1 is 0.906 bits per heavy atom. The number of nitrogens with zero attached hydrogens (tertiary/aromatic N) is 1. The summed E-state index contributed by atoms with van der Waals surface area (Å²) < 4.78 is 11.0. The van der Waals surface area contributed by atoms with Crippen LogP contribution in [0.3, 0.4) is 0 Å². The molecule has 4 rings (SSSR count). The van der Waals surface area contributed by atoms with Gasteiger partial charge in [0.2, 0.25) is 0 Å². The maximum absolute atomic E-state index is 12.7. The predicted octanol–water partition coefficient (Wildman–Crippen LogP) is 4.10. The van der Waals surface area contributed by atoms with Gasteiger partial charge in [0.1, 0.15) is 19.0 Å². The van der Waals surface area contributed by atoms with Crippen molar-refractivity contribution >= 4 is 29.0 Å². The van der Waals surface area contributed by atoms with Crippen molar-refractivity contribution in [3.05, 3.63) is 71.4 Å². The third kappa shape index (κ3) is 4.80. The Morgan fingerprint density at radius 2 is 1.66 bits per heavy atom. The fraction of sp³-hybridized carbons (Fsp3) is 0.208. The number of pyridine rings is 1. The van der Waals surface area contributed by atoms with Gasteiger partial charge in [-0.25, -0.2) is 4.98 Å². The van der Waals surface area contributed by atoms with Gasteiger partial charge in [0.15, 0.2) is 11.5 Å². The molecule has 3 N–H and O–H groups in total. The Kier molecular flexibility index (Phi) is 6.21. The Labute approximate surface area is 186 Å². The molecule has 2 aromatic carbocycles. The first kappa shape index (κ1) is 21.2. The molecule has 8 heteroatoms. The second-order valence-electron chi connectivity index (χ2n) is 7.26. The molecule has 0 fully saturated rings. The third-order valence-corrected chi connectivity index (χ3v) is 4.93. The minimum Gasteiger partial charge on any atom is -0.486 e. The lowest BCUT2D eigenvalue weighted by molar-refractivity contribution is 0.101. The summed E-state index contributed by atoms with van der Waals surface area (Å²) in [6, 6.07) is 13.9. The fourth-order valence-electron chi connectivity index (χ4n) is 3.23. The van der Waals surface area contributed by atoms with Crippen LogP contribution in [0.4, 0.5) is 17.2 Å². The van der Waals surface area contributed by atoms with Crippen LogP contribution in [-0.2, 0) is 0 Å². The Morgan fingerprint density at radius 3 is 2.41 bits per heavy atom.